The van der Waals surface area contributed by atoms with Gasteiger partial charge in [0.05, 0.1) is 23.9 Å². The van der Waals surface area contributed by atoms with Crippen LogP contribution in [-0.4, -0.2) is 50.1 Å². The number of methoxy groups -OCH3 is 1. The van der Waals surface area contributed by atoms with Crippen LogP contribution in [0, 0.1) is 0 Å². The molecule has 2 aromatic carbocycles. The van der Waals surface area contributed by atoms with Gasteiger partial charge in [-0.15, -0.1) is 0 Å². The Morgan fingerprint density at radius 1 is 1.11 bits per heavy atom. The van der Waals surface area contributed by atoms with E-state index in [4.69, 9.17) is 16.3 Å². The number of halogens is 1. The van der Waals surface area contributed by atoms with Gasteiger partial charge in [0.1, 0.15) is 5.75 Å². The van der Waals surface area contributed by atoms with Crippen LogP contribution in [0.15, 0.2) is 48.5 Å². The van der Waals surface area contributed by atoms with Crippen LogP contribution in [-0.2, 0) is 11.3 Å². The number of nitrogens with zero attached hydrogens (tertiary/aromatic N) is 2. The first-order valence-corrected chi connectivity index (χ1v) is 9.60. The van der Waals surface area contributed by atoms with E-state index in [0.29, 0.717) is 6.54 Å². The third kappa shape index (κ3) is 4.93. The molecule has 0 unspecified atom stereocenters. The molecule has 1 atom stereocenters. The van der Waals surface area contributed by atoms with Crippen LogP contribution >= 0.6 is 11.6 Å². The van der Waals surface area contributed by atoms with Crippen molar-refractivity contribution < 1.29 is 9.53 Å². The van der Waals surface area contributed by atoms with Crippen LogP contribution in [0.1, 0.15) is 12.5 Å². The summed E-state index contributed by atoms with van der Waals surface area (Å²) in [5.74, 6) is 0.867. The first kappa shape index (κ1) is 19.5. The largest absolute Gasteiger partial charge is 0.497 e. The van der Waals surface area contributed by atoms with Crippen LogP contribution in [0.4, 0.5) is 5.69 Å². The number of ether oxygens (including phenoxy) is 1. The third-order valence-corrected chi connectivity index (χ3v) is 5.38. The number of rotatable bonds is 6. The molecule has 0 bridgehead atoms. The number of hydrogen-bond acceptors (Lipinski definition) is 4. The zero-order valence-electron chi connectivity index (χ0n) is 15.8. The molecule has 3 rings (SSSR count). The van der Waals surface area contributed by atoms with Gasteiger partial charge in [-0.3, -0.25) is 9.69 Å². The van der Waals surface area contributed by atoms with Crippen molar-refractivity contribution in [2.24, 2.45) is 0 Å². The minimum Gasteiger partial charge on any atom is -0.497 e. The average molecular weight is 388 g/mol. The minimum atomic E-state index is -0.156. The number of hydrogen-bond donors (Lipinski definition) is 1. The SMILES string of the molecule is COc1ccc(CNC(=O)[C@@H](C)N2CCN(c3ccccc3Cl)CC2)cc1. The van der Waals surface area contributed by atoms with Gasteiger partial charge in [-0.05, 0) is 36.8 Å². The molecule has 0 radical (unpaired) electrons. The van der Waals surface area contributed by atoms with Crippen molar-refractivity contribution in [2.75, 3.05) is 38.2 Å². The molecule has 0 aromatic heterocycles. The maximum atomic E-state index is 12.5. The second-order valence-electron chi connectivity index (χ2n) is 6.72. The number of anilines is 1. The van der Waals surface area contributed by atoms with Gasteiger partial charge >= 0.3 is 0 Å². The summed E-state index contributed by atoms with van der Waals surface area (Å²) in [6.45, 7) is 5.88. The topological polar surface area (TPSA) is 44.8 Å². The predicted octanol–water partition coefficient (Wildman–Crippen LogP) is 3.18. The highest BCUT2D eigenvalue weighted by atomic mass is 35.5. The minimum absolute atomic E-state index is 0.0528. The highest BCUT2D eigenvalue weighted by molar-refractivity contribution is 6.33. The van der Waals surface area contributed by atoms with Gasteiger partial charge in [-0.25, -0.2) is 0 Å². The Balaban J connectivity index is 1.48. The van der Waals surface area contributed by atoms with Crippen molar-refractivity contribution in [3.05, 3.63) is 59.1 Å². The van der Waals surface area contributed by atoms with Crippen molar-refractivity contribution in [1.29, 1.82) is 0 Å². The molecule has 5 nitrogen and oxygen atoms in total. The zero-order chi connectivity index (χ0) is 19.2. The molecule has 0 aliphatic carbocycles. The highest BCUT2D eigenvalue weighted by Crippen LogP contribution is 2.26. The van der Waals surface area contributed by atoms with Gasteiger partial charge in [-0.2, -0.15) is 0 Å². The molecular formula is C21H26ClN3O2. The van der Waals surface area contributed by atoms with Crippen LogP contribution in [0.3, 0.4) is 0 Å². The van der Waals surface area contributed by atoms with Gasteiger partial charge < -0.3 is 15.0 Å². The van der Waals surface area contributed by atoms with E-state index in [1.807, 2.05) is 55.5 Å². The third-order valence-electron chi connectivity index (χ3n) is 5.06. The zero-order valence-corrected chi connectivity index (χ0v) is 16.6. The summed E-state index contributed by atoms with van der Waals surface area (Å²) >= 11 is 6.30. The number of para-hydroxylation sites is 1. The van der Waals surface area contributed by atoms with Crippen molar-refractivity contribution in [3.63, 3.8) is 0 Å². The summed E-state index contributed by atoms with van der Waals surface area (Å²) in [5, 5.41) is 3.80. The van der Waals surface area contributed by atoms with E-state index in [2.05, 4.69) is 15.1 Å². The monoisotopic (exact) mass is 387 g/mol. The van der Waals surface area contributed by atoms with E-state index in [1.165, 1.54) is 0 Å². The van der Waals surface area contributed by atoms with Crippen molar-refractivity contribution in [2.45, 2.75) is 19.5 Å². The maximum Gasteiger partial charge on any atom is 0.237 e. The lowest BCUT2D eigenvalue weighted by molar-refractivity contribution is -0.126. The van der Waals surface area contributed by atoms with Gasteiger partial charge in [0.2, 0.25) is 5.91 Å². The summed E-state index contributed by atoms with van der Waals surface area (Å²) in [7, 11) is 1.64. The van der Waals surface area contributed by atoms with E-state index in [-0.39, 0.29) is 11.9 Å². The molecule has 1 amide bonds. The lowest BCUT2D eigenvalue weighted by Crippen LogP contribution is -2.53. The molecule has 1 fully saturated rings. The molecule has 1 saturated heterocycles. The first-order valence-electron chi connectivity index (χ1n) is 9.22. The summed E-state index contributed by atoms with van der Waals surface area (Å²) < 4.78 is 5.15. The fourth-order valence-corrected chi connectivity index (χ4v) is 3.56. The molecule has 2 aromatic rings. The Hall–Kier alpha value is -2.24. The molecule has 27 heavy (non-hydrogen) atoms. The number of carbonyl (C=O) groups excluding carboxylic acids is 1. The van der Waals surface area contributed by atoms with Gasteiger partial charge in [0.15, 0.2) is 0 Å². The van der Waals surface area contributed by atoms with Crippen LogP contribution < -0.4 is 15.0 Å². The van der Waals surface area contributed by atoms with Crippen molar-refractivity contribution in [1.82, 2.24) is 10.2 Å². The Morgan fingerprint density at radius 2 is 1.78 bits per heavy atom. The molecule has 1 heterocycles. The Morgan fingerprint density at radius 3 is 2.41 bits per heavy atom. The van der Waals surface area contributed by atoms with E-state index in [9.17, 15) is 4.79 Å². The van der Waals surface area contributed by atoms with Gasteiger partial charge in [-0.1, -0.05) is 35.9 Å². The van der Waals surface area contributed by atoms with E-state index >= 15 is 0 Å². The second kappa shape index (κ2) is 9.11. The van der Waals surface area contributed by atoms with E-state index in [1.54, 1.807) is 7.11 Å². The van der Waals surface area contributed by atoms with Crippen LogP contribution in [0.2, 0.25) is 5.02 Å². The summed E-state index contributed by atoms with van der Waals surface area (Å²) in [6, 6.07) is 15.5. The lowest BCUT2D eigenvalue weighted by atomic mass is 10.1. The standard InChI is InChI=1S/C21H26ClN3O2/c1-16(21(26)23-15-17-7-9-18(27-2)10-8-17)24-11-13-25(14-12-24)20-6-4-3-5-19(20)22/h3-10,16H,11-15H2,1-2H3,(H,23,26)/t16-/m1/s1. The first-order chi connectivity index (χ1) is 13.1. The van der Waals surface area contributed by atoms with Crippen LogP contribution in [0.25, 0.3) is 0 Å². The molecule has 1 aliphatic heterocycles. The smallest absolute Gasteiger partial charge is 0.237 e. The molecule has 0 saturated carbocycles. The van der Waals surface area contributed by atoms with E-state index < -0.39 is 0 Å². The van der Waals surface area contributed by atoms with Crippen LogP contribution in [0.5, 0.6) is 5.75 Å². The molecule has 1 aliphatic rings. The number of amides is 1. The summed E-state index contributed by atoms with van der Waals surface area (Å²) in [4.78, 5) is 17.0. The van der Waals surface area contributed by atoms with Gasteiger partial charge in [0.25, 0.3) is 0 Å². The number of carbonyl (C=O) groups is 1. The highest BCUT2D eigenvalue weighted by Gasteiger charge is 2.26. The Bertz CT molecular complexity index is 758. The van der Waals surface area contributed by atoms with Crippen molar-refractivity contribution in [3.8, 4) is 5.75 Å². The quantitative estimate of drug-likeness (QED) is 0.826. The molecule has 1 N–H and O–H groups in total. The Kier molecular flexibility index (Phi) is 6.58. The maximum absolute atomic E-state index is 12.5. The lowest BCUT2D eigenvalue weighted by Gasteiger charge is -2.38. The normalized spacial score (nSPS) is 16.0. The summed E-state index contributed by atoms with van der Waals surface area (Å²) in [5.41, 5.74) is 2.12. The summed E-state index contributed by atoms with van der Waals surface area (Å²) in [6.07, 6.45) is 0. The van der Waals surface area contributed by atoms with E-state index in [0.717, 1.165) is 48.2 Å². The average Bonchev–Trinajstić information content (AvgIpc) is 2.72. The predicted molar refractivity (Wildman–Crippen MR) is 110 cm³/mol. The molecular weight excluding hydrogens is 362 g/mol. The number of piperazine rings is 1. The fraction of sp³-hybridized carbons (Fsp3) is 0.381. The van der Waals surface area contributed by atoms with Crippen molar-refractivity contribution >= 4 is 23.2 Å². The number of benzene rings is 2. The Labute approximate surface area is 165 Å². The fourth-order valence-electron chi connectivity index (χ4n) is 3.30. The molecule has 0 spiro atoms. The second-order valence-corrected chi connectivity index (χ2v) is 7.12. The number of nitrogens with one attached hydrogen (secondary N) is 1. The molecule has 144 valence electrons. The van der Waals surface area contributed by atoms with Gasteiger partial charge in [0, 0.05) is 32.7 Å². The molecule has 6 heteroatoms.